The van der Waals surface area contributed by atoms with Gasteiger partial charge in [0.1, 0.15) is 0 Å². The minimum absolute atomic E-state index is 0.0161. The van der Waals surface area contributed by atoms with Crippen LogP contribution in [0.15, 0.2) is 23.1 Å². The first-order valence-corrected chi connectivity index (χ1v) is 7.92. The second-order valence-electron chi connectivity index (χ2n) is 4.68. The average molecular weight is 344 g/mol. The molecule has 0 radical (unpaired) electrons. The van der Waals surface area contributed by atoms with Gasteiger partial charge in [0.2, 0.25) is 10.0 Å². The van der Waals surface area contributed by atoms with Gasteiger partial charge in [0, 0.05) is 18.1 Å². The molecular weight excluding hydrogens is 331 g/mol. The van der Waals surface area contributed by atoms with Crippen molar-refractivity contribution < 1.29 is 26.3 Å². The van der Waals surface area contributed by atoms with E-state index in [0.29, 0.717) is 6.07 Å². The summed E-state index contributed by atoms with van der Waals surface area (Å²) in [6.45, 7) is 1.85. The number of morpholine rings is 1. The second kappa shape index (κ2) is 5.75. The van der Waals surface area contributed by atoms with E-state index in [1.807, 2.05) is 0 Å². The fraction of sp³-hybridized carbons (Fsp3) is 0.500. The molecule has 1 saturated heterocycles. The second-order valence-corrected chi connectivity index (χ2v) is 7.03. The molecule has 1 atom stereocenters. The topological polar surface area (TPSA) is 46.6 Å². The van der Waals surface area contributed by atoms with Gasteiger partial charge in [-0.1, -0.05) is 11.6 Å². The van der Waals surface area contributed by atoms with Crippen molar-refractivity contribution in [3.05, 3.63) is 28.8 Å². The third-order valence-corrected chi connectivity index (χ3v) is 5.23. The van der Waals surface area contributed by atoms with Crippen LogP contribution in [0.1, 0.15) is 12.5 Å². The summed E-state index contributed by atoms with van der Waals surface area (Å²) in [4.78, 5) is -0.784. The lowest BCUT2D eigenvalue weighted by Gasteiger charge is -2.31. The van der Waals surface area contributed by atoms with Crippen LogP contribution in [0, 0.1) is 0 Å². The lowest BCUT2D eigenvalue weighted by Crippen LogP contribution is -2.44. The maximum atomic E-state index is 13.0. The molecule has 1 heterocycles. The van der Waals surface area contributed by atoms with E-state index in [1.165, 1.54) is 0 Å². The summed E-state index contributed by atoms with van der Waals surface area (Å²) < 4.78 is 70.2. The van der Waals surface area contributed by atoms with E-state index in [-0.39, 0.29) is 30.8 Å². The lowest BCUT2D eigenvalue weighted by atomic mass is 10.2. The highest BCUT2D eigenvalue weighted by Crippen LogP contribution is 2.37. The van der Waals surface area contributed by atoms with E-state index in [1.54, 1.807) is 6.92 Å². The van der Waals surface area contributed by atoms with Crippen molar-refractivity contribution in [3.8, 4) is 0 Å². The normalized spacial score (nSPS) is 21.5. The molecule has 0 N–H and O–H groups in total. The van der Waals surface area contributed by atoms with Crippen LogP contribution in [0.4, 0.5) is 13.2 Å². The van der Waals surface area contributed by atoms with Gasteiger partial charge in [0.25, 0.3) is 0 Å². The standard InChI is InChI=1S/C12H13ClF3NO3S/c1-8-7-17(4-5-20-8)21(18,19)11-3-2-9(13)6-10(11)12(14,15)16/h2-3,6,8H,4-5,7H2,1H3. The van der Waals surface area contributed by atoms with E-state index < -0.39 is 26.7 Å². The van der Waals surface area contributed by atoms with Crippen LogP contribution in [-0.4, -0.2) is 38.5 Å². The van der Waals surface area contributed by atoms with Crippen molar-refractivity contribution in [1.29, 1.82) is 0 Å². The van der Waals surface area contributed by atoms with Crippen LogP contribution in [0.25, 0.3) is 0 Å². The predicted molar refractivity (Wildman–Crippen MR) is 70.6 cm³/mol. The van der Waals surface area contributed by atoms with Crippen LogP contribution >= 0.6 is 11.6 Å². The number of nitrogens with zero attached hydrogens (tertiary/aromatic N) is 1. The van der Waals surface area contributed by atoms with Gasteiger partial charge in [0.05, 0.1) is 23.2 Å². The highest BCUT2D eigenvalue weighted by Gasteiger charge is 2.40. The van der Waals surface area contributed by atoms with Crippen LogP contribution in [0.2, 0.25) is 5.02 Å². The number of benzene rings is 1. The van der Waals surface area contributed by atoms with Gasteiger partial charge in [-0.05, 0) is 25.1 Å². The number of halogens is 4. The monoisotopic (exact) mass is 343 g/mol. The van der Waals surface area contributed by atoms with Crippen molar-refractivity contribution in [2.45, 2.75) is 24.1 Å². The molecule has 1 fully saturated rings. The molecule has 1 aliphatic rings. The third kappa shape index (κ3) is 3.50. The van der Waals surface area contributed by atoms with Gasteiger partial charge in [0.15, 0.2) is 0 Å². The maximum Gasteiger partial charge on any atom is 0.417 e. The van der Waals surface area contributed by atoms with Gasteiger partial charge in [-0.3, -0.25) is 0 Å². The molecule has 0 amide bonds. The Kier molecular flexibility index (Phi) is 4.53. The van der Waals surface area contributed by atoms with Crippen molar-refractivity contribution in [1.82, 2.24) is 4.31 Å². The molecule has 9 heteroatoms. The highest BCUT2D eigenvalue weighted by atomic mass is 35.5. The Labute approximate surface area is 125 Å². The quantitative estimate of drug-likeness (QED) is 0.829. The molecule has 4 nitrogen and oxygen atoms in total. The summed E-state index contributed by atoms with van der Waals surface area (Å²) in [6, 6.07) is 2.65. The van der Waals surface area contributed by atoms with Gasteiger partial charge < -0.3 is 4.74 Å². The third-order valence-electron chi connectivity index (χ3n) is 3.07. The molecule has 1 unspecified atom stereocenters. The average Bonchev–Trinajstić information content (AvgIpc) is 2.37. The molecule has 1 aromatic carbocycles. The van der Waals surface area contributed by atoms with Gasteiger partial charge >= 0.3 is 6.18 Å². The zero-order valence-electron chi connectivity index (χ0n) is 11.0. The molecular formula is C12H13ClF3NO3S. The summed E-state index contributed by atoms with van der Waals surface area (Å²) >= 11 is 5.55. The van der Waals surface area contributed by atoms with Crippen LogP contribution in [0.3, 0.4) is 0 Å². The number of hydrogen-bond donors (Lipinski definition) is 0. The van der Waals surface area contributed by atoms with E-state index in [0.717, 1.165) is 16.4 Å². The van der Waals surface area contributed by atoms with Crippen molar-refractivity contribution in [3.63, 3.8) is 0 Å². The van der Waals surface area contributed by atoms with E-state index in [2.05, 4.69) is 0 Å². The number of hydrogen-bond acceptors (Lipinski definition) is 3. The minimum atomic E-state index is -4.80. The molecule has 2 rings (SSSR count). The maximum absolute atomic E-state index is 13.0. The number of ether oxygens (including phenoxy) is 1. The van der Waals surface area contributed by atoms with Crippen LogP contribution < -0.4 is 0 Å². The smallest absolute Gasteiger partial charge is 0.376 e. The van der Waals surface area contributed by atoms with Crippen molar-refractivity contribution in [2.24, 2.45) is 0 Å². The van der Waals surface area contributed by atoms with Gasteiger partial charge in [-0.15, -0.1) is 0 Å². The first-order valence-electron chi connectivity index (χ1n) is 6.11. The molecule has 0 aliphatic carbocycles. The molecule has 1 aromatic rings. The Morgan fingerprint density at radius 3 is 2.62 bits per heavy atom. The minimum Gasteiger partial charge on any atom is -0.376 e. The van der Waals surface area contributed by atoms with E-state index in [4.69, 9.17) is 16.3 Å². The van der Waals surface area contributed by atoms with E-state index >= 15 is 0 Å². The van der Waals surface area contributed by atoms with Crippen molar-refractivity contribution >= 4 is 21.6 Å². The zero-order chi connectivity index (χ0) is 15.8. The zero-order valence-corrected chi connectivity index (χ0v) is 12.6. The molecule has 0 spiro atoms. The Morgan fingerprint density at radius 1 is 1.38 bits per heavy atom. The van der Waals surface area contributed by atoms with Gasteiger partial charge in [-0.2, -0.15) is 17.5 Å². The molecule has 0 saturated carbocycles. The molecule has 0 bridgehead atoms. The summed E-state index contributed by atoms with van der Waals surface area (Å²) in [6.07, 6.45) is -5.17. The first kappa shape index (κ1) is 16.5. The SMILES string of the molecule is CC1CN(S(=O)(=O)c2ccc(Cl)cc2C(F)(F)F)CCO1. The van der Waals surface area contributed by atoms with Crippen LogP contribution in [-0.2, 0) is 20.9 Å². The lowest BCUT2D eigenvalue weighted by molar-refractivity contribution is -0.139. The predicted octanol–water partition coefficient (Wildman–Crippen LogP) is 2.77. The number of rotatable bonds is 2. The number of alkyl halides is 3. The number of sulfonamides is 1. The summed E-state index contributed by atoms with van der Waals surface area (Å²) in [7, 11) is -4.25. The summed E-state index contributed by atoms with van der Waals surface area (Å²) in [5.41, 5.74) is -1.26. The highest BCUT2D eigenvalue weighted by molar-refractivity contribution is 7.89. The largest absolute Gasteiger partial charge is 0.417 e. The summed E-state index contributed by atoms with van der Waals surface area (Å²) in [5, 5.41) is -0.170. The Hall–Kier alpha value is -0.830. The Balaban J connectivity index is 2.50. The summed E-state index contributed by atoms with van der Waals surface area (Å²) in [5.74, 6) is 0. The molecule has 118 valence electrons. The fourth-order valence-corrected chi connectivity index (χ4v) is 3.96. The van der Waals surface area contributed by atoms with Crippen LogP contribution in [0.5, 0.6) is 0 Å². The van der Waals surface area contributed by atoms with E-state index in [9.17, 15) is 21.6 Å². The molecule has 21 heavy (non-hydrogen) atoms. The molecule has 0 aromatic heterocycles. The Morgan fingerprint density at radius 2 is 2.05 bits per heavy atom. The molecule has 1 aliphatic heterocycles. The van der Waals surface area contributed by atoms with Crippen molar-refractivity contribution in [2.75, 3.05) is 19.7 Å². The Bertz CT molecular complexity index is 633. The fourth-order valence-electron chi connectivity index (χ4n) is 2.09. The first-order chi connectivity index (χ1) is 9.62. The van der Waals surface area contributed by atoms with Gasteiger partial charge in [-0.25, -0.2) is 8.42 Å².